The van der Waals surface area contributed by atoms with Crippen LogP contribution in [0.5, 0.6) is 0 Å². The van der Waals surface area contributed by atoms with E-state index in [4.69, 9.17) is 0 Å². The summed E-state index contributed by atoms with van der Waals surface area (Å²) >= 11 is 0. The monoisotopic (exact) mass is 271 g/mol. The molecule has 1 saturated carbocycles. The van der Waals surface area contributed by atoms with Gasteiger partial charge in [0.1, 0.15) is 0 Å². The lowest BCUT2D eigenvalue weighted by atomic mass is 9.82. The van der Waals surface area contributed by atoms with Crippen molar-refractivity contribution in [3.8, 4) is 0 Å². The Labute approximate surface area is 124 Å². The van der Waals surface area contributed by atoms with Crippen molar-refractivity contribution in [2.24, 2.45) is 5.92 Å². The van der Waals surface area contributed by atoms with Gasteiger partial charge in [-0.1, -0.05) is 61.2 Å². The fraction of sp³-hybridized carbons (Fsp3) is 0.579. The van der Waals surface area contributed by atoms with Crippen LogP contribution in [0.15, 0.2) is 42.0 Å². The molecule has 0 bridgehead atoms. The molecule has 1 heteroatoms. The Hall–Kier alpha value is -1.08. The summed E-state index contributed by atoms with van der Waals surface area (Å²) in [6, 6.07) is 11.4. The quantitative estimate of drug-likeness (QED) is 0.711. The van der Waals surface area contributed by atoms with Crippen LogP contribution in [0, 0.1) is 5.92 Å². The minimum Gasteiger partial charge on any atom is -0.309 e. The second-order valence-corrected chi connectivity index (χ2v) is 6.39. The molecule has 1 atom stereocenters. The summed E-state index contributed by atoms with van der Waals surface area (Å²) in [6.07, 6.45) is 10.7. The average Bonchev–Trinajstić information content (AvgIpc) is 2.49. The first kappa shape index (κ1) is 15.3. The maximum atomic E-state index is 3.82. The number of hydrogen-bond acceptors (Lipinski definition) is 1. The maximum Gasteiger partial charge on any atom is 0.0208 e. The highest BCUT2D eigenvalue weighted by Crippen LogP contribution is 2.28. The smallest absolute Gasteiger partial charge is 0.0208 e. The van der Waals surface area contributed by atoms with E-state index in [1.54, 1.807) is 0 Å². The van der Waals surface area contributed by atoms with Crippen LogP contribution in [0.4, 0.5) is 0 Å². The van der Waals surface area contributed by atoms with Gasteiger partial charge in [0.05, 0.1) is 0 Å². The summed E-state index contributed by atoms with van der Waals surface area (Å²) in [4.78, 5) is 0. The van der Waals surface area contributed by atoms with Crippen molar-refractivity contribution in [2.45, 2.75) is 65.0 Å². The van der Waals surface area contributed by atoms with Crippen molar-refractivity contribution in [3.63, 3.8) is 0 Å². The molecule has 0 spiro atoms. The van der Waals surface area contributed by atoms with E-state index in [2.05, 4.69) is 55.6 Å². The maximum absolute atomic E-state index is 3.82. The molecule has 0 aromatic heterocycles. The number of nitrogens with one attached hydrogen (secondary N) is 1. The largest absolute Gasteiger partial charge is 0.309 e. The van der Waals surface area contributed by atoms with Gasteiger partial charge >= 0.3 is 0 Å². The van der Waals surface area contributed by atoms with E-state index in [9.17, 15) is 0 Å². The molecule has 1 unspecified atom stereocenters. The van der Waals surface area contributed by atoms with E-state index >= 15 is 0 Å². The fourth-order valence-electron chi connectivity index (χ4n) is 3.19. The molecule has 110 valence electrons. The standard InChI is InChI=1S/C19H29N/c1-16(2)13-14-19(18-11-7-4-8-12-18)20-15-17-9-5-3-6-10-17/h3,5-6,9-10,13,18-20H,4,7-8,11-12,14-15H2,1-2H3. The van der Waals surface area contributed by atoms with Crippen LogP contribution in [-0.4, -0.2) is 6.04 Å². The molecule has 0 amide bonds. The average molecular weight is 271 g/mol. The minimum absolute atomic E-state index is 0.644. The van der Waals surface area contributed by atoms with Gasteiger partial charge in [-0.25, -0.2) is 0 Å². The highest BCUT2D eigenvalue weighted by Gasteiger charge is 2.22. The third-order valence-corrected chi connectivity index (χ3v) is 4.41. The van der Waals surface area contributed by atoms with Crippen molar-refractivity contribution in [1.29, 1.82) is 0 Å². The molecule has 0 heterocycles. The second-order valence-electron chi connectivity index (χ2n) is 6.39. The Morgan fingerprint density at radius 3 is 2.50 bits per heavy atom. The summed E-state index contributed by atoms with van der Waals surface area (Å²) in [5, 5.41) is 3.82. The summed E-state index contributed by atoms with van der Waals surface area (Å²) in [7, 11) is 0. The summed E-state index contributed by atoms with van der Waals surface area (Å²) < 4.78 is 0. The van der Waals surface area contributed by atoms with Crippen molar-refractivity contribution in [1.82, 2.24) is 5.32 Å². The normalized spacial score (nSPS) is 17.7. The molecule has 0 saturated heterocycles. The van der Waals surface area contributed by atoms with Gasteiger partial charge in [-0.2, -0.15) is 0 Å². The van der Waals surface area contributed by atoms with Gasteiger partial charge in [0, 0.05) is 12.6 Å². The van der Waals surface area contributed by atoms with E-state index in [-0.39, 0.29) is 0 Å². The third kappa shape index (κ3) is 5.13. The van der Waals surface area contributed by atoms with Crippen LogP contribution >= 0.6 is 0 Å². The van der Waals surface area contributed by atoms with Gasteiger partial charge < -0.3 is 5.32 Å². The van der Waals surface area contributed by atoms with Gasteiger partial charge in [-0.3, -0.25) is 0 Å². The zero-order valence-electron chi connectivity index (χ0n) is 13.1. The van der Waals surface area contributed by atoms with Gasteiger partial charge in [-0.05, 0) is 44.6 Å². The molecule has 1 aliphatic rings. The van der Waals surface area contributed by atoms with Gasteiger partial charge in [0.25, 0.3) is 0 Å². The summed E-state index contributed by atoms with van der Waals surface area (Å²) in [6.45, 7) is 5.41. The lowest BCUT2D eigenvalue weighted by molar-refractivity contribution is 0.267. The van der Waals surface area contributed by atoms with E-state index in [0.29, 0.717) is 6.04 Å². The molecular weight excluding hydrogens is 242 g/mol. The lowest BCUT2D eigenvalue weighted by Crippen LogP contribution is -2.36. The van der Waals surface area contributed by atoms with Crippen LogP contribution in [0.25, 0.3) is 0 Å². The van der Waals surface area contributed by atoms with Crippen LogP contribution in [0.3, 0.4) is 0 Å². The summed E-state index contributed by atoms with van der Waals surface area (Å²) in [5.74, 6) is 0.864. The molecule has 0 aliphatic heterocycles. The van der Waals surface area contributed by atoms with Crippen molar-refractivity contribution < 1.29 is 0 Å². The van der Waals surface area contributed by atoms with Crippen LogP contribution < -0.4 is 5.32 Å². The number of hydrogen-bond donors (Lipinski definition) is 1. The molecular formula is C19H29N. The van der Waals surface area contributed by atoms with E-state index in [0.717, 1.165) is 12.5 Å². The Morgan fingerprint density at radius 2 is 1.85 bits per heavy atom. The number of rotatable bonds is 6. The van der Waals surface area contributed by atoms with Crippen LogP contribution in [0.1, 0.15) is 57.9 Å². The van der Waals surface area contributed by atoms with Gasteiger partial charge in [0.2, 0.25) is 0 Å². The molecule has 1 aromatic rings. The molecule has 2 rings (SSSR count). The highest BCUT2D eigenvalue weighted by molar-refractivity contribution is 5.14. The third-order valence-electron chi connectivity index (χ3n) is 4.41. The van der Waals surface area contributed by atoms with E-state index in [1.165, 1.54) is 49.7 Å². The van der Waals surface area contributed by atoms with E-state index < -0.39 is 0 Å². The van der Waals surface area contributed by atoms with Gasteiger partial charge in [-0.15, -0.1) is 0 Å². The minimum atomic E-state index is 0.644. The topological polar surface area (TPSA) is 12.0 Å². The summed E-state index contributed by atoms with van der Waals surface area (Å²) in [5.41, 5.74) is 2.83. The Morgan fingerprint density at radius 1 is 1.15 bits per heavy atom. The predicted molar refractivity (Wildman–Crippen MR) is 87.7 cm³/mol. The molecule has 1 nitrogen and oxygen atoms in total. The molecule has 1 aliphatic carbocycles. The Bertz CT molecular complexity index is 397. The van der Waals surface area contributed by atoms with E-state index in [1.807, 2.05) is 0 Å². The molecule has 0 radical (unpaired) electrons. The van der Waals surface area contributed by atoms with Crippen molar-refractivity contribution in [2.75, 3.05) is 0 Å². The highest BCUT2D eigenvalue weighted by atomic mass is 14.9. The van der Waals surface area contributed by atoms with Crippen molar-refractivity contribution in [3.05, 3.63) is 47.5 Å². The zero-order chi connectivity index (χ0) is 14.2. The number of benzene rings is 1. The Balaban J connectivity index is 1.92. The molecule has 1 N–H and O–H groups in total. The van der Waals surface area contributed by atoms with Crippen molar-refractivity contribution >= 4 is 0 Å². The molecule has 1 aromatic carbocycles. The molecule has 1 fully saturated rings. The molecule has 20 heavy (non-hydrogen) atoms. The van der Waals surface area contributed by atoms with Crippen LogP contribution in [-0.2, 0) is 6.54 Å². The second kappa shape index (κ2) is 8.26. The number of allylic oxidation sites excluding steroid dienone is 1. The predicted octanol–water partition coefficient (Wildman–Crippen LogP) is 5.08. The van der Waals surface area contributed by atoms with Crippen LogP contribution in [0.2, 0.25) is 0 Å². The lowest BCUT2D eigenvalue weighted by Gasteiger charge is -2.30. The first-order valence-corrected chi connectivity index (χ1v) is 8.16. The zero-order valence-corrected chi connectivity index (χ0v) is 13.1. The Kier molecular flexibility index (Phi) is 6.32. The first-order valence-electron chi connectivity index (χ1n) is 8.16. The fourth-order valence-corrected chi connectivity index (χ4v) is 3.19. The van der Waals surface area contributed by atoms with Gasteiger partial charge in [0.15, 0.2) is 0 Å². The SMILES string of the molecule is CC(C)=CCC(NCc1ccccc1)C1CCCCC1. The first-order chi connectivity index (χ1) is 9.75.